The largest absolute Gasteiger partial charge is 1.00 e. The van der Waals surface area contributed by atoms with E-state index in [1.54, 1.807) is 0 Å². The molecule has 0 aromatic carbocycles. The summed E-state index contributed by atoms with van der Waals surface area (Å²) >= 11 is 2.23. The molecule has 3 heterocycles. The van der Waals surface area contributed by atoms with Gasteiger partial charge in [-0.1, -0.05) is 5.16 Å². The van der Waals surface area contributed by atoms with Gasteiger partial charge in [-0.2, -0.15) is 0 Å². The second kappa shape index (κ2) is 8.58. The van der Waals surface area contributed by atoms with E-state index in [2.05, 4.69) is 15.5 Å². The summed E-state index contributed by atoms with van der Waals surface area (Å²) in [6.07, 6.45) is 0. The maximum absolute atomic E-state index is 12.3. The number of carboxylic acid groups (broad SMARTS) is 1. The number of carboxylic acids is 1. The minimum absolute atomic E-state index is 0. The van der Waals surface area contributed by atoms with Gasteiger partial charge in [-0.25, -0.2) is 4.98 Å². The van der Waals surface area contributed by atoms with Gasteiger partial charge in [0, 0.05) is 11.1 Å². The minimum atomic E-state index is -1.58. The van der Waals surface area contributed by atoms with Crippen LogP contribution in [0.1, 0.15) is 5.69 Å². The maximum Gasteiger partial charge on any atom is 1.00 e. The number of nitrogens with one attached hydrogen (secondary N) is 1. The van der Waals surface area contributed by atoms with Gasteiger partial charge in [0.15, 0.2) is 10.8 Å². The van der Waals surface area contributed by atoms with Gasteiger partial charge >= 0.3 is 29.6 Å². The fraction of sp³-hybridized carbons (Fsp3) is 0.308. The van der Waals surface area contributed by atoms with Crippen molar-refractivity contribution >= 4 is 51.7 Å². The second-order valence-corrected chi connectivity index (χ2v) is 7.27. The number of nitrogens with zero attached hydrogens (tertiary/aromatic N) is 3. The van der Waals surface area contributed by atoms with E-state index >= 15 is 0 Å². The molecule has 0 saturated carbocycles. The van der Waals surface area contributed by atoms with Crippen LogP contribution in [0.3, 0.4) is 0 Å². The van der Waals surface area contributed by atoms with E-state index in [0.717, 1.165) is 16.2 Å². The number of carbonyl (C=O) groups excluding carboxylic acids is 3. The van der Waals surface area contributed by atoms with Crippen molar-refractivity contribution in [3.05, 3.63) is 22.3 Å². The summed E-state index contributed by atoms with van der Waals surface area (Å²) in [5.74, 6) is -2.93. The first-order chi connectivity index (χ1) is 12.4. The molecule has 27 heavy (non-hydrogen) atoms. The van der Waals surface area contributed by atoms with Gasteiger partial charge < -0.3 is 31.3 Å². The van der Waals surface area contributed by atoms with Crippen LogP contribution < -0.4 is 45.7 Å². The first-order valence-electron chi connectivity index (χ1n) is 7.12. The van der Waals surface area contributed by atoms with Crippen molar-refractivity contribution in [1.29, 1.82) is 0 Å². The van der Waals surface area contributed by atoms with Crippen molar-refractivity contribution in [3.63, 3.8) is 0 Å². The molecule has 2 atom stereocenters. The summed E-state index contributed by atoms with van der Waals surface area (Å²) in [4.78, 5) is 40.7. The standard InChI is InChI=1S/C13H13N5O6S2.Na/c14-13-15-5(3-26-13)6(17-24)9(20)16-7-10(21)18-8(12(22)23)4(1-19)2-25-11(7)18;/h3,7,11,19,24H,1-2H2,(H2,14,15)(H,16,20)(H,22,23);/q;+1/p-1/t7?,11-;/m0./s1. The quantitative estimate of drug-likeness (QED) is 0.118. The number of thiazole rings is 1. The molecule has 1 saturated heterocycles. The van der Waals surface area contributed by atoms with Gasteiger partial charge in [0.1, 0.15) is 17.1 Å². The zero-order valence-electron chi connectivity index (χ0n) is 13.9. The molecular weight excluding hydrogens is 409 g/mol. The summed E-state index contributed by atoms with van der Waals surface area (Å²) in [6, 6.07) is -1.02. The van der Waals surface area contributed by atoms with E-state index < -0.39 is 41.5 Å². The zero-order valence-corrected chi connectivity index (χ0v) is 17.5. The molecule has 2 aliphatic rings. The van der Waals surface area contributed by atoms with Gasteiger partial charge in [-0.3, -0.25) is 14.5 Å². The molecule has 2 aliphatic heterocycles. The van der Waals surface area contributed by atoms with Crippen LogP contribution in [0.5, 0.6) is 0 Å². The fourth-order valence-corrected chi connectivity index (χ4v) is 4.50. The molecule has 0 aliphatic carbocycles. The first kappa shape index (κ1) is 21.7. The average Bonchev–Trinajstić information content (AvgIpc) is 3.04. The van der Waals surface area contributed by atoms with Crippen molar-refractivity contribution in [2.24, 2.45) is 5.16 Å². The molecule has 2 amide bonds. The number of rotatable bonds is 5. The minimum Gasteiger partial charge on any atom is -0.543 e. The topological polar surface area (TPSA) is 181 Å². The average molecular weight is 421 g/mol. The molecule has 1 aromatic heterocycles. The summed E-state index contributed by atoms with van der Waals surface area (Å²) < 4.78 is 0. The number of aliphatic hydroxyl groups is 1. The van der Waals surface area contributed by atoms with Crippen LogP contribution in [0.2, 0.25) is 0 Å². The number of carbonyl (C=O) groups is 3. The van der Waals surface area contributed by atoms with Crippen LogP contribution in [-0.2, 0) is 14.4 Å². The number of β-lactam (4-membered cyclic amide) rings is 1. The Morgan fingerprint density at radius 2 is 2.22 bits per heavy atom. The van der Waals surface area contributed by atoms with Crippen molar-refractivity contribution in [2.75, 3.05) is 18.1 Å². The third-order valence-corrected chi connectivity index (χ3v) is 5.81. The number of aliphatic carboxylic acids is 1. The van der Waals surface area contributed by atoms with E-state index in [4.69, 9.17) is 10.9 Å². The van der Waals surface area contributed by atoms with E-state index in [0.29, 0.717) is 0 Å². The van der Waals surface area contributed by atoms with Crippen LogP contribution in [0, 0.1) is 0 Å². The Kier molecular flexibility index (Phi) is 6.88. The third kappa shape index (κ3) is 3.83. The summed E-state index contributed by atoms with van der Waals surface area (Å²) in [7, 11) is 0. The Morgan fingerprint density at radius 3 is 2.74 bits per heavy atom. The SMILES string of the molecule is Nc1nc(C(=NO)C(=O)NC2C(=O)N3C(C(=O)[O-])=C(CO)CS[C@@H]23)cs1.[Na+]. The molecule has 5 N–H and O–H groups in total. The molecule has 0 bridgehead atoms. The molecule has 14 heteroatoms. The molecule has 11 nitrogen and oxygen atoms in total. The van der Waals surface area contributed by atoms with E-state index in [1.165, 1.54) is 17.1 Å². The van der Waals surface area contributed by atoms with E-state index in [9.17, 15) is 24.6 Å². The molecule has 1 fully saturated rings. The normalized spacial score (nSPS) is 21.9. The Bertz CT molecular complexity index is 856. The van der Waals surface area contributed by atoms with Gasteiger partial charge in [0.2, 0.25) is 0 Å². The number of thioether (sulfide) groups is 1. The van der Waals surface area contributed by atoms with E-state index in [-0.39, 0.29) is 57.4 Å². The summed E-state index contributed by atoms with van der Waals surface area (Å²) in [6.45, 7) is -0.517. The molecule has 1 aromatic rings. The number of nitrogen functional groups attached to an aromatic ring is 1. The van der Waals surface area contributed by atoms with Crippen LogP contribution in [0.15, 0.2) is 21.8 Å². The molecule has 3 rings (SSSR count). The van der Waals surface area contributed by atoms with Gasteiger partial charge in [-0.15, -0.1) is 23.1 Å². The number of aromatic nitrogens is 1. The van der Waals surface area contributed by atoms with Gasteiger partial charge in [0.05, 0.1) is 18.3 Å². The maximum atomic E-state index is 12.3. The Labute approximate surface area is 182 Å². The number of hydrogen-bond acceptors (Lipinski definition) is 11. The van der Waals surface area contributed by atoms with Crippen LogP contribution in [0.4, 0.5) is 5.13 Å². The Morgan fingerprint density at radius 1 is 1.52 bits per heavy atom. The molecule has 0 spiro atoms. The first-order valence-corrected chi connectivity index (χ1v) is 9.05. The number of hydrogen-bond donors (Lipinski definition) is 4. The summed E-state index contributed by atoms with van der Waals surface area (Å²) in [5, 5.41) is 35.8. The van der Waals surface area contributed by atoms with Crippen LogP contribution in [-0.4, -0.2) is 67.5 Å². The third-order valence-electron chi connectivity index (χ3n) is 3.80. The Balaban J connectivity index is 0.00000261. The van der Waals surface area contributed by atoms with Crippen molar-refractivity contribution in [3.8, 4) is 0 Å². The van der Waals surface area contributed by atoms with Crippen molar-refractivity contribution < 1.29 is 59.4 Å². The van der Waals surface area contributed by atoms with Gasteiger partial charge in [0.25, 0.3) is 11.8 Å². The Hall–Kier alpha value is -1.64. The second-order valence-electron chi connectivity index (χ2n) is 5.28. The van der Waals surface area contributed by atoms with Gasteiger partial charge in [-0.05, 0) is 5.57 Å². The van der Waals surface area contributed by atoms with E-state index in [1.807, 2.05) is 0 Å². The van der Waals surface area contributed by atoms with Crippen molar-refractivity contribution in [2.45, 2.75) is 11.4 Å². The zero-order chi connectivity index (χ0) is 19.0. The molecular formula is C13H12N5NaO6S2. The predicted octanol–water partition coefficient (Wildman–Crippen LogP) is -5.70. The van der Waals surface area contributed by atoms with Crippen molar-refractivity contribution in [1.82, 2.24) is 15.2 Å². The molecule has 0 radical (unpaired) electrons. The number of fused-ring (bicyclic) bond motifs is 1. The number of anilines is 1. The number of amides is 2. The predicted molar refractivity (Wildman–Crippen MR) is 89.0 cm³/mol. The fourth-order valence-electron chi connectivity index (χ4n) is 2.61. The summed E-state index contributed by atoms with van der Waals surface area (Å²) in [5.41, 5.74) is 4.89. The van der Waals surface area contributed by atoms with Crippen LogP contribution >= 0.6 is 23.1 Å². The van der Waals surface area contributed by atoms with Crippen LogP contribution in [0.25, 0.3) is 0 Å². The number of nitrogens with two attached hydrogens (primary N) is 1. The smallest absolute Gasteiger partial charge is 0.543 e. The monoisotopic (exact) mass is 421 g/mol. The molecule has 138 valence electrons. The molecule has 1 unspecified atom stereocenters. The number of oxime groups is 1. The number of aliphatic hydroxyl groups excluding tert-OH is 1.